The van der Waals surface area contributed by atoms with E-state index in [1.165, 1.54) is 38.0 Å². The zero-order chi connectivity index (χ0) is 30.0. The molecule has 2 aliphatic heterocycles. The summed E-state index contributed by atoms with van der Waals surface area (Å²) in [6, 6.07) is 13.1. The number of hydrogen-bond donors (Lipinski definition) is 2. The molecular formula is C34H45N5O3. The number of imide groups is 1. The molecule has 8 nitrogen and oxygen atoms in total. The predicted octanol–water partition coefficient (Wildman–Crippen LogP) is 4.42. The van der Waals surface area contributed by atoms with Crippen LogP contribution in [0.2, 0.25) is 0 Å². The minimum Gasteiger partial charge on any atom is -0.361 e. The van der Waals surface area contributed by atoms with E-state index in [0.29, 0.717) is 24.7 Å². The number of carbonyl (C=O) groups is 3. The molecule has 2 fully saturated rings. The van der Waals surface area contributed by atoms with Crippen LogP contribution in [0.4, 0.5) is 0 Å². The number of likely N-dealkylation sites (tertiary alicyclic amines) is 2. The Kier molecular flexibility index (Phi) is 8.97. The van der Waals surface area contributed by atoms with E-state index in [1.807, 2.05) is 56.3 Å². The molecule has 224 valence electrons. The van der Waals surface area contributed by atoms with Crippen molar-refractivity contribution in [2.45, 2.75) is 84.0 Å². The van der Waals surface area contributed by atoms with Crippen molar-refractivity contribution in [1.29, 1.82) is 0 Å². The average molecular weight is 572 g/mol. The minimum absolute atomic E-state index is 0.123. The average Bonchev–Trinajstić information content (AvgIpc) is 3.43. The summed E-state index contributed by atoms with van der Waals surface area (Å²) < 4.78 is 0. The van der Waals surface area contributed by atoms with Crippen molar-refractivity contribution in [2.24, 2.45) is 5.73 Å². The Labute approximate surface area is 249 Å². The molecule has 2 unspecified atom stereocenters. The maximum atomic E-state index is 14.7. The van der Waals surface area contributed by atoms with Crippen molar-refractivity contribution < 1.29 is 14.4 Å². The molecule has 8 heteroatoms. The van der Waals surface area contributed by atoms with Gasteiger partial charge in [0.05, 0.1) is 6.54 Å². The van der Waals surface area contributed by atoms with Gasteiger partial charge in [0, 0.05) is 48.7 Å². The summed E-state index contributed by atoms with van der Waals surface area (Å²) in [6.45, 7) is 10.5. The van der Waals surface area contributed by atoms with Crippen LogP contribution in [0.5, 0.6) is 0 Å². The lowest BCUT2D eigenvalue weighted by atomic mass is 9.77. The van der Waals surface area contributed by atoms with Crippen LogP contribution in [-0.4, -0.2) is 75.5 Å². The zero-order valence-corrected chi connectivity index (χ0v) is 25.5. The first kappa shape index (κ1) is 30.1. The Morgan fingerprint density at radius 3 is 2.31 bits per heavy atom. The Hall–Kier alpha value is -3.33. The van der Waals surface area contributed by atoms with Gasteiger partial charge in [0.25, 0.3) is 0 Å². The normalized spacial score (nSPS) is 19.4. The highest BCUT2D eigenvalue weighted by Gasteiger charge is 2.52. The summed E-state index contributed by atoms with van der Waals surface area (Å²) in [5.41, 5.74) is 10.1. The smallest absolute Gasteiger partial charge is 0.249 e. The lowest BCUT2D eigenvalue weighted by Gasteiger charge is -2.47. The Balaban J connectivity index is 1.54. The van der Waals surface area contributed by atoms with Gasteiger partial charge in [-0.05, 0) is 82.3 Å². The highest BCUT2D eigenvalue weighted by atomic mass is 16.2. The van der Waals surface area contributed by atoms with E-state index >= 15 is 0 Å². The number of aromatic nitrogens is 1. The monoisotopic (exact) mass is 571 g/mol. The van der Waals surface area contributed by atoms with Crippen molar-refractivity contribution in [3.8, 4) is 0 Å². The van der Waals surface area contributed by atoms with Gasteiger partial charge in [-0.1, -0.05) is 42.8 Å². The molecule has 2 aliphatic rings. The molecule has 0 radical (unpaired) electrons. The number of nitrogens with two attached hydrogens (primary N) is 1. The van der Waals surface area contributed by atoms with Gasteiger partial charge in [0.2, 0.25) is 11.8 Å². The van der Waals surface area contributed by atoms with Crippen molar-refractivity contribution in [1.82, 2.24) is 19.7 Å². The van der Waals surface area contributed by atoms with Gasteiger partial charge in [0.1, 0.15) is 11.6 Å². The maximum absolute atomic E-state index is 14.7. The highest BCUT2D eigenvalue weighted by Crippen LogP contribution is 2.36. The van der Waals surface area contributed by atoms with Gasteiger partial charge in [0.15, 0.2) is 5.78 Å². The third-order valence-electron chi connectivity index (χ3n) is 9.61. The van der Waals surface area contributed by atoms with E-state index in [4.69, 9.17) is 5.73 Å². The number of nitrogens with zero attached hydrogens (tertiary/aromatic N) is 3. The van der Waals surface area contributed by atoms with Gasteiger partial charge in [-0.3, -0.25) is 24.2 Å². The Bertz CT molecular complexity index is 1450. The van der Waals surface area contributed by atoms with E-state index in [2.05, 4.69) is 14.8 Å². The molecule has 3 heterocycles. The number of aromatic amines is 1. The van der Waals surface area contributed by atoms with Crippen LogP contribution >= 0.6 is 0 Å². The molecular weight excluding hydrogens is 526 g/mol. The van der Waals surface area contributed by atoms with Crippen molar-refractivity contribution in [3.63, 3.8) is 0 Å². The maximum Gasteiger partial charge on any atom is 0.249 e. The molecule has 0 bridgehead atoms. The van der Waals surface area contributed by atoms with E-state index in [0.717, 1.165) is 53.5 Å². The molecule has 2 amide bonds. The molecule has 3 N–H and O–H groups in total. The number of ketones is 1. The van der Waals surface area contributed by atoms with Gasteiger partial charge in [-0.15, -0.1) is 0 Å². The second-order valence-electron chi connectivity index (χ2n) is 12.3. The summed E-state index contributed by atoms with van der Waals surface area (Å²) >= 11 is 0. The first-order chi connectivity index (χ1) is 20.1. The van der Waals surface area contributed by atoms with Gasteiger partial charge >= 0.3 is 0 Å². The quantitative estimate of drug-likeness (QED) is 0.415. The molecule has 1 aromatic heterocycles. The highest BCUT2D eigenvalue weighted by molar-refractivity contribution is 6.04. The molecule has 5 rings (SSSR count). The Morgan fingerprint density at radius 1 is 0.976 bits per heavy atom. The number of piperidine rings is 2. The van der Waals surface area contributed by atoms with Crippen LogP contribution in [0.25, 0.3) is 10.9 Å². The number of fused-ring (bicyclic) bond motifs is 1. The summed E-state index contributed by atoms with van der Waals surface area (Å²) in [7, 11) is 0. The molecule has 0 saturated carbocycles. The molecule has 2 saturated heterocycles. The van der Waals surface area contributed by atoms with Crippen LogP contribution in [-0.2, 0) is 26.5 Å². The fourth-order valence-corrected chi connectivity index (χ4v) is 6.95. The molecule has 2 aromatic carbocycles. The van der Waals surface area contributed by atoms with E-state index < -0.39 is 17.5 Å². The number of Topliss-reactive ketones (excluding diaryl/α,β-unsaturated/α-hetero) is 1. The fourth-order valence-electron chi connectivity index (χ4n) is 6.95. The molecule has 3 aromatic rings. The largest absolute Gasteiger partial charge is 0.361 e. The number of amides is 2. The van der Waals surface area contributed by atoms with E-state index in [9.17, 15) is 14.4 Å². The molecule has 2 atom stereocenters. The number of carbonyl (C=O) groups excluding carboxylic acids is 3. The number of para-hydroxylation sites is 1. The minimum atomic E-state index is -1.66. The SMILES string of the molecule is CC(=O)N(Cc1ccc(C)c(C)c1)C(=O)C(N1CCC(N2CCCCC2)CC1)C(N)(C(C)=O)c1c[nH]c2ccccc12. The van der Waals surface area contributed by atoms with Crippen molar-refractivity contribution >= 4 is 28.5 Å². The third kappa shape index (κ3) is 5.80. The van der Waals surface area contributed by atoms with Gasteiger partial charge < -0.3 is 15.6 Å². The van der Waals surface area contributed by atoms with Crippen molar-refractivity contribution in [3.05, 3.63) is 70.9 Å². The number of benzene rings is 2. The molecule has 0 aliphatic carbocycles. The van der Waals surface area contributed by atoms with Crippen LogP contribution in [0.15, 0.2) is 48.7 Å². The standard InChI is InChI=1S/C34H45N5O3/c1-23-12-13-27(20-24(23)2)22-39(26(4)41)33(42)32(38-18-14-28(15-19-38)37-16-8-5-9-17-37)34(35,25(3)40)30-21-36-31-11-7-6-10-29(30)31/h6-7,10-13,20-21,28,32,36H,5,8-9,14-19,22,35H2,1-4H3. The topological polar surface area (TPSA) is 103 Å². The van der Waals surface area contributed by atoms with E-state index in [1.54, 1.807) is 6.20 Å². The predicted molar refractivity (Wildman–Crippen MR) is 166 cm³/mol. The number of hydrogen-bond acceptors (Lipinski definition) is 6. The first-order valence-electron chi connectivity index (χ1n) is 15.3. The summed E-state index contributed by atoms with van der Waals surface area (Å²) in [5.74, 6) is -1.10. The molecule has 42 heavy (non-hydrogen) atoms. The van der Waals surface area contributed by atoms with Crippen LogP contribution < -0.4 is 5.73 Å². The number of nitrogens with one attached hydrogen (secondary N) is 1. The number of aryl methyl sites for hydroxylation is 2. The fraction of sp³-hybridized carbons (Fsp3) is 0.500. The number of H-pyrrole nitrogens is 1. The van der Waals surface area contributed by atoms with E-state index in [-0.39, 0.29) is 18.2 Å². The first-order valence-corrected chi connectivity index (χ1v) is 15.3. The van der Waals surface area contributed by atoms with Crippen molar-refractivity contribution in [2.75, 3.05) is 26.2 Å². The van der Waals surface area contributed by atoms with Crippen LogP contribution in [0, 0.1) is 13.8 Å². The van der Waals surface area contributed by atoms with Gasteiger partial charge in [-0.25, -0.2) is 0 Å². The lowest BCUT2D eigenvalue weighted by Crippen LogP contribution is -2.67. The number of rotatable bonds is 8. The second-order valence-corrected chi connectivity index (χ2v) is 12.3. The summed E-state index contributed by atoms with van der Waals surface area (Å²) in [4.78, 5) is 50.7. The Morgan fingerprint density at radius 2 is 1.67 bits per heavy atom. The second kappa shape index (κ2) is 12.5. The van der Waals surface area contributed by atoms with Crippen LogP contribution in [0.3, 0.4) is 0 Å². The van der Waals surface area contributed by atoms with Crippen LogP contribution in [0.1, 0.15) is 68.2 Å². The third-order valence-corrected chi connectivity index (χ3v) is 9.61. The lowest BCUT2D eigenvalue weighted by molar-refractivity contribution is -0.153. The summed E-state index contributed by atoms with van der Waals surface area (Å²) in [5, 5.41) is 0.805. The zero-order valence-electron chi connectivity index (χ0n) is 25.5. The van der Waals surface area contributed by atoms with Gasteiger partial charge in [-0.2, -0.15) is 0 Å². The summed E-state index contributed by atoms with van der Waals surface area (Å²) in [6.07, 6.45) is 7.28. The molecule has 0 spiro atoms.